The Morgan fingerprint density at radius 3 is 2.90 bits per heavy atom. The van der Waals surface area contributed by atoms with Gasteiger partial charge >= 0.3 is 0 Å². The van der Waals surface area contributed by atoms with Crippen LogP contribution in [-0.2, 0) is 9.47 Å². The van der Waals surface area contributed by atoms with Crippen molar-refractivity contribution < 1.29 is 24.9 Å². The molecule has 1 aromatic rings. The maximum atomic E-state index is 11.1. The molecule has 10 heteroatoms. The van der Waals surface area contributed by atoms with Gasteiger partial charge in [-0.05, 0) is 12.2 Å². The van der Waals surface area contributed by atoms with E-state index in [9.17, 15) is 15.0 Å². The Labute approximate surface area is 118 Å². The van der Waals surface area contributed by atoms with Gasteiger partial charge in [-0.3, -0.25) is 14.3 Å². The molecule has 0 aromatic carbocycles. The highest BCUT2D eigenvalue weighted by molar-refractivity contribution is 7.71. The van der Waals surface area contributed by atoms with Gasteiger partial charge in [0, 0.05) is 12.3 Å². The van der Waals surface area contributed by atoms with Gasteiger partial charge in [-0.15, -0.1) is 0 Å². The molecule has 112 valence electrons. The van der Waals surface area contributed by atoms with Crippen molar-refractivity contribution in [3.63, 3.8) is 0 Å². The van der Waals surface area contributed by atoms with Crippen LogP contribution >= 0.6 is 12.2 Å². The van der Waals surface area contributed by atoms with Crippen molar-refractivity contribution in [1.29, 1.82) is 0 Å². The van der Waals surface area contributed by atoms with Gasteiger partial charge in [-0.2, -0.15) is 5.48 Å². The van der Waals surface area contributed by atoms with Crippen LogP contribution in [0.4, 0.5) is 0 Å². The molecule has 1 aliphatic rings. The number of aliphatic hydroxyl groups excluding tert-OH is 2. The monoisotopic (exact) mass is 305 g/mol. The summed E-state index contributed by atoms with van der Waals surface area (Å²) < 4.78 is 11.9. The molecule has 1 saturated heterocycles. The van der Waals surface area contributed by atoms with Gasteiger partial charge in [-0.1, -0.05) is 0 Å². The summed E-state index contributed by atoms with van der Waals surface area (Å²) in [5, 5.41) is 28.2. The third-order valence-corrected chi connectivity index (χ3v) is 3.22. The van der Waals surface area contributed by atoms with E-state index in [2.05, 4.69) is 4.98 Å². The van der Waals surface area contributed by atoms with Crippen LogP contribution < -0.4 is 11.0 Å². The quantitative estimate of drug-likeness (QED) is 0.192. The number of hydroxylamine groups is 1. The van der Waals surface area contributed by atoms with Crippen LogP contribution in [0, 0.1) is 4.77 Å². The smallest absolute Gasteiger partial charge is 0.251 e. The minimum Gasteiger partial charge on any atom is -0.387 e. The minimum absolute atomic E-state index is 0.0288. The molecule has 0 bridgehead atoms. The molecular formula is C10H15N3O6S. The molecule has 1 fully saturated rings. The largest absolute Gasteiger partial charge is 0.387 e. The molecule has 0 saturated carbocycles. The zero-order valence-electron chi connectivity index (χ0n) is 10.3. The number of hydrogen-bond donors (Lipinski definition) is 5. The summed E-state index contributed by atoms with van der Waals surface area (Å²) in [4.78, 5) is 13.5. The van der Waals surface area contributed by atoms with Crippen LogP contribution in [0.1, 0.15) is 6.23 Å². The molecule has 1 aliphatic heterocycles. The maximum absolute atomic E-state index is 11.1. The summed E-state index contributed by atoms with van der Waals surface area (Å²) in [7, 11) is 0. The van der Waals surface area contributed by atoms with E-state index < -0.39 is 24.5 Å². The standard InChI is InChI=1S/C10H15N3O6S/c14-6-1-2-13(10(20)12-6)9-8(16)7(15)5(19-9)3-18-4-11-17/h1-2,5,7-9,11,15-17H,3-4H2,(H,12,14,20)/t5-,7-,8-,9-/m1/s1. The molecule has 2 rings (SSSR count). The highest BCUT2D eigenvalue weighted by atomic mass is 32.1. The lowest BCUT2D eigenvalue weighted by Gasteiger charge is -2.17. The fourth-order valence-corrected chi connectivity index (χ4v) is 2.21. The second kappa shape index (κ2) is 6.54. The van der Waals surface area contributed by atoms with E-state index in [1.54, 1.807) is 5.48 Å². The Morgan fingerprint density at radius 1 is 1.50 bits per heavy atom. The van der Waals surface area contributed by atoms with Crippen molar-refractivity contribution in [2.45, 2.75) is 24.5 Å². The highest BCUT2D eigenvalue weighted by Crippen LogP contribution is 2.29. The summed E-state index contributed by atoms with van der Waals surface area (Å²) in [5.74, 6) is 0. The fourth-order valence-electron chi connectivity index (χ4n) is 1.95. The molecule has 0 unspecified atom stereocenters. The Hall–Kier alpha value is -1.14. The van der Waals surface area contributed by atoms with Crippen LogP contribution in [0.5, 0.6) is 0 Å². The van der Waals surface area contributed by atoms with Crippen molar-refractivity contribution in [2.75, 3.05) is 13.3 Å². The lowest BCUT2D eigenvalue weighted by Crippen LogP contribution is -2.34. The molecular weight excluding hydrogens is 290 g/mol. The van der Waals surface area contributed by atoms with Crippen molar-refractivity contribution in [2.24, 2.45) is 0 Å². The van der Waals surface area contributed by atoms with E-state index >= 15 is 0 Å². The van der Waals surface area contributed by atoms with Gasteiger partial charge in [0.15, 0.2) is 11.0 Å². The number of hydrogen-bond acceptors (Lipinski definition) is 8. The molecule has 0 spiro atoms. The summed E-state index contributed by atoms with van der Waals surface area (Å²) >= 11 is 4.97. The number of H-pyrrole nitrogens is 1. The first-order valence-electron chi connectivity index (χ1n) is 5.82. The number of nitrogens with zero attached hydrogens (tertiary/aromatic N) is 1. The number of aliphatic hydroxyl groups is 2. The van der Waals surface area contributed by atoms with E-state index in [0.29, 0.717) is 0 Å². The Balaban J connectivity index is 2.13. The molecule has 0 radical (unpaired) electrons. The van der Waals surface area contributed by atoms with Gasteiger partial charge in [-0.25, -0.2) is 0 Å². The third-order valence-electron chi connectivity index (χ3n) is 2.91. The molecule has 5 N–H and O–H groups in total. The first-order chi connectivity index (χ1) is 9.54. The van der Waals surface area contributed by atoms with Crippen molar-refractivity contribution >= 4 is 12.2 Å². The van der Waals surface area contributed by atoms with Crippen molar-refractivity contribution in [3.05, 3.63) is 27.4 Å². The molecule has 4 atom stereocenters. The summed E-state index contributed by atoms with van der Waals surface area (Å²) in [6.45, 7) is -0.162. The first kappa shape index (κ1) is 15.3. The van der Waals surface area contributed by atoms with Crippen LogP contribution in [-0.4, -0.2) is 56.6 Å². The number of aromatic amines is 1. The topological polar surface area (TPSA) is 129 Å². The van der Waals surface area contributed by atoms with Crippen LogP contribution in [0.25, 0.3) is 0 Å². The second-order valence-corrected chi connectivity index (χ2v) is 4.62. The Bertz CT molecular complexity index is 560. The third kappa shape index (κ3) is 3.12. The van der Waals surface area contributed by atoms with Gasteiger partial charge in [0.25, 0.3) is 5.56 Å². The van der Waals surface area contributed by atoms with E-state index in [4.69, 9.17) is 26.9 Å². The van der Waals surface area contributed by atoms with E-state index in [0.717, 1.165) is 0 Å². The van der Waals surface area contributed by atoms with Gasteiger partial charge in [0.05, 0.1) is 6.61 Å². The molecule has 0 amide bonds. The normalized spacial score (nSPS) is 29.8. The maximum Gasteiger partial charge on any atom is 0.251 e. The first-order valence-corrected chi connectivity index (χ1v) is 6.23. The average molecular weight is 305 g/mol. The Morgan fingerprint density at radius 2 is 2.25 bits per heavy atom. The average Bonchev–Trinajstić information content (AvgIpc) is 2.68. The van der Waals surface area contributed by atoms with Crippen molar-refractivity contribution in [3.8, 4) is 0 Å². The fraction of sp³-hybridized carbons (Fsp3) is 0.600. The van der Waals surface area contributed by atoms with Crippen molar-refractivity contribution in [1.82, 2.24) is 15.0 Å². The van der Waals surface area contributed by atoms with Gasteiger partial charge in [0.2, 0.25) is 0 Å². The zero-order chi connectivity index (χ0) is 14.7. The predicted octanol–water partition coefficient (Wildman–Crippen LogP) is -1.52. The SMILES string of the molecule is O=c1ccn([C@@H]2O[C@H](COCNO)[C@@H](O)[C@H]2O)c(=S)[nH]1. The van der Waals surface area contributed by atoms with E-state index in [-0.39, 0.29) is 23.7 Å². The molecule has 1 aromatic heterocycles. The van der Waals surface area contributed by atoms with E-state index in [1.165, 1.54) is 16.8 Å². The molecule has 9 nitrogen and oxygen atoms in total. The summed E-state index contributed by atoms with van der Waals surface area (Å²) in [5.41, 5.74) is 1.43. The highest BCUT2D eigenvalue weighted by Gasteiger charge is 2.43. The van der Waals surface area contributed by atoms with Crippen LogP contribution in [0.15, 0.2) is 17.1 Å². The number of aromatic nitrogens is 2. The van der Waals surface area contributed by atoms with E-state index in [1.807, 2.05) is 0 Å². The number of nitrogens with one attached hydrogen (secondary N) is 2. The molecule has 20 heavy (non-hydrogen) atoms. The van der Waals surface area contributed by atoms with Crippen LogP contribution in [0.3, 0.4) is 0 Å². The van der Waals surface area contributed by atoms with Gasteiger partial charge < -0.3 is 24.9 Å². The molecule has 2 heterocycles. The lowest BCUT2D eigenvalue weighted by molar-refractivity contribution is -0.0805. The number of rotatable bonds is 5. The second-order valence-electron chi connectivity index (χ2n) is 4.24. The summed E-state index contributed by atoms with van der Waals surface area (Å²) in [6, 6.07) is 1.23. The molecule has 0 aliphatic carbocycles. The zero-order valence-corrected chi connectivity index (χ0v) is 11.1. The van der Waals surface area contributed by atoms with Gasteiger partial charge in [0.1, 0.15) is 25.0 Å². The Kier molecular flexibility index (Phi) is 4.99. The van der Waals surface area contributed by atoms with Crippen LogP contribution in [0.2, 0.25) is 0 Å². The predicted molar refractivity (Wildman–Crippen MR) is 67.6 cm³/mol. The number of ether oxygens (including phenoxy) is 2. The lowest BCUT2D eigenvalue weighted by atomic mass is 10.1. The summed E-state index contributed by atoms with van der Waals surface area (Å²) in [6.07, 6.45) is -2.72. The minimum atomic E-state index is -1.22.